The molecule has 0 saturated carbocycles. The number of allylic oxidation sites excluding steroid dienone is 2. The number of hydrogen-bond acceptors (Lipinski definition) is 3. The highest BCUT2D eigenvalue weighted by Crippen LogP contribution is 2.19. The van der Waals surface area contributed by atoms with E-state index in [1.54, 1.807) is 12.1 Å². The summed E-state index contributed by atoms with van der Waals surface area (Å²) in [6.45, 7) is 0. The Morgan fingerprint density at radius 2 is 2.06 bits per heavy atom. The molecule has 0 amide bonds. The van der Waals surface area contributed by atoms with Crippen LogP contribution in [-0.2, 0) is 11.2 Å². The maximum absolute atomic E-state index is 12.9. The molecule has 0 aliphatic rings. The predicted molar refractivity (Wildman–Crippen MR) is 60.4 cm³/mol. The molecule has 0 radical (unpaired) electrons. The van der Waals surface area contributed by atoms with Gasteiger partial charge < -0.3 is 4.74 Å². The van der Waals surface area contributed by atoms with Gasteiger partial charge in [-0.3, -0.25) is 0 Å². The monoisotopic (exact) mass is 250 g/mol. The van der Waals surface area contributed by atoms with Crippen molar-refractivity contribution in [1.29, 1.82) is 10.5 Å². The van der Waals surface area contributed by atoms with E-state index in [9.17, 15) is 4.39 Å². The van der Waals surface area contributed by atoms with E-state index in [0.717, 1.165) is 0 Å². The quantitative estimate of drug-likeness (QED) is 0.612. The van der Waals surface area contributed by atoms with Gasteiger partial charge in [-0.2, -0.15) is 10.5 Å². The first kappa shape index (κ1) is 13.0. The molecule has 3 nitrogen and oxygen atoms in total. The number of halogens is 2. The lowest BCUT2D eigenvalue weighted by molar-refractivity contribution is 0.281. The van der Waals surface area contributed by atoms with E-state index in [0.29, 0.717) is 5.56 Å². The summed E-state index contributed by atoms with van der Waals surface area (Å²) in [5.41, 5.74) is 0.559. The first-order valence-corrected chi connectivity index (χ1v) is 5.01. The van der Waals surface area contributed by atoms with Crippen LogP contribution in [0.4, 0.5) is 4.39 Å². The maximum atomic E-state index is 12.9. The Morgan fingerprint density at radius 1 is 1.41 bits per heavy atom. The van der Waals surface area contributed by atoms with Gasteiger partial charge in [-0.05, 0) is 17.7 Å². The fourth-order valence-corrected chi connectivity index (χ4v) is 1.45. The highest BCUT2D eigenvalue weighted by Gasteiger charge is 2.09. The number of hydrogen-bond donors (Lipinski definition) is 0. The fraction of sp³-hybridized carbons (Fsp3) is 0.167. The van der Waals surface area contributed by atoms with Gasteiger partial charge in [0.25, 0.3) is 0 Å². The average Bonchev–Trinajstić information content (AvgIpc) is 2.33. The second-order valence-corrected chi connectivity index (χ2v) is 3.56. The summed E-state index contributed by atoms with van der Waals surface area (Å²) in [4.78, 5) is 0. The van der Waals surface area contributed by atoms with Crippen LogP contribution >= 0.6 is 11.6 Å². The summed E-state index contributed by atoms with van der Waals surface area (Å²) in [7, 11) is 1.37. The number of benzene rings is 1. The fourth-order valence-electron chi connectivity index (χ4n) is 1.25. The minimum Gasteiger partial charge on any atom is -0.499 e. The molecule has 0 saturated heterocycles. The van der Waals surface area contributed by atoms with E-state index < -0.39 is 5.82 Å². The van der Waals surface area contributed by atoms with Crippen LogP contribution in [0.15, 0.2) is 29.5 Å². The van der Waals surface area contributed by atoms with Crippen molar-refractivity contribution in [1.82, 2.24) is 0 Å². The summed E-state index contributed by atoms with van der Waals surface area (Å²) in [6, 6.07) is 7.65. The minimum absolute atomic E-state index is 0.00609. The van der Waals surface area contributed by atoms with Crippen LogP contribution in [0, 0.1) is 28.5 Å². The van der Waals surface area contributed by atoms with Crippen LogP contribution in [0.5, 0.6) is 0 Å². The lowest BCUT2D eigenvalue weighted by atomic mass is 10.1. The molecule has 0 heterocycles. The summed E-state index contributed by atoms with van der Waals surface area (Å²) in [5.74, 6) is -0.281. The van der Waals surface area contributed by atoms with Crippen LogP contribution in [0.25, 0.3) is 0 Å². The molecular weight excluding hydrogens is 243 g/mol. The Bertz CT molecular complexity index is 524. The molecule has 0 unspecified atom stereocenters. The third-order valence-electron chi connectivity index (χ3n) is 2.10. The van der Waals surface area contributed by atoms with E-state index in [1.165, 1.54) is 25.3 Å². The Labute approximate surface area is 103 Å². The molecule has 0 aliphatic carbocycles. The Morgan fingerprint density at radius 3 is 2.53 bits per heavy atom. The van der Waals surface area contributed by atoms with Crippen LogP contribution in [-0.4, -0.2) is 7.11 Å². The summed E-state index contributed by atoms with van der Waals surface area (Å²) in [5, 5.41) is 17.4. The van der Waals surface area contributed by atoms with Crippen molar-refractivity contribution in [2.75, 3.05) is 7.11 Å². The zero-order valence-electron chi connectivity index (χ0n) is 9.00. The molecule has 1 aromatic carbocycles. The molecule has 17 heavy (non-hydrogen) atoms. The van der Waals surface area contributed by atoms with Gasteiger partial charge in [-0.15, -0.1) is 0 Å². The van der Waals surface area contributed by atoms with Gasteiger partial charge in [-0.1, -0.05) is 17.7 Å². The van der Waals surface area contributed by atoms with Crippen molar-refractivity contribution >= 4 is 11.6 Å². The second-order valence-electron chi connectivity index (χ2n) is 3.15. The van der Waals surface area contributed by atoms with E-state index in [2.05, 4.69) is 0 Å². The first-order chi connectivity index (χ1) is 8.12. The molecule has 0 fully saturated rings. The Kier molecular flexibility index (Phi) is 4.51. The van der Waals surface area contributed by atoms with Crippen molar-refractivity contribution in [3.8, 4) is 12.1 Å². The number of rotatable bonds is 3. The lowest BCUT2D eigenvalue weighted by Crippen LogP contribution is -1.97. The van der Waals surface area contributed by atoms with Gasteiger partial charge >= 0.3 is 0 Å². The van der Waals surface area contributed by atoms with Crippen molar-refractivity contribution in [2.45, 2.75) is 6.42 Å². The zero-order valence-corrected chi connectivity index (χ0v) is 9.75. The highest BCUT2D eigenvalue weighted by atomic mass is 35.5. The van der Waals surface area contributed by atoms with Crippen molar-refractivity contribution < 1.29 is 9.13 Å². The van der Waals surface area contributed by atoms with Gasteiger partial charge in [0, 0.05) is 6.42 Å². The number of nitriles is 2. The molecular formula is C12H8ClFN2O. The summed E-state index contributed by atoms with van der Waals surface area (Å²) < 4.78 is 17.9. The Hall–Kier alpha value is -2.04. The highest BCUT2D eigenvalue weighted by molar-refractivity contribution is 6.30. The lowest BCUT2D eigenvalue weighted by Gasteiger charge is -2.06. The molecule has 0 bridgehead atoms. The van der Waals surface area contributed by atoms with Crippen LogP contribution < -0.4 is 0 Å². The average molecular weight is 251 g/mol. The third kappa shape index (κ3) is 3.21. The molecule has 5 heteroatoms. The van der Waals surface area contributed by atoms with E-state index in [-0.39, 0.29) is 22.8 Å². The molecule has 0 N–H and O–H groups in total. The maximum Gasteiger partial charge on any atom is 0.167 e. The third-order valence-corrected chi connectivity index (χ3v) is 2.39. The second kappa shape index (κ2) is 5.89. The molecule has 1 rings (SSSR count). The summed E-state index contributed by atoms with van der Waals surface area (Å²) >= 11 is 5.63. The van der Waals surface area contributed by atoms with Crippen LogP contribution in [0.1, 0.15) is 5.56 Å². The number of nitrogens with zero attached hydrogens (tertiary/aromatic N) is 2. The predicted octanol–water partition coefficient (Wildman–Crippen LogP) is 2.97. The minimum atomic E-state index is -0.515. The van der Waals surface area contributed by atoms with Crippen molar-refractivity contribution in [3.05, 3.63) is 45.9 Å². The molecule has 86 valence electrons. The molecule has 0 atom stereocenters. The zero-order chi connectivity index (χ0) is 12.8. The van der Waals surface area contributed by atoms with Gasteiger partial charge in [0.2, 0.25) is 0 Å². The molecule has 1 aromatic rings. The van der Waals surface area contributed by atoms with Gasteiger partial charge in [0.15, 0.2) is 5.57 Å². The van der Waals surface area contributed by atoms with E-state index >= 15 is 0 Å². The molecule has 0 spiro atoms. The van der Waals surface area contributed by atoms with Gasteiger partial charge in [-0.25, -0.2) is 4.39 Å². The topological polar surface area (TPSA) is 56.8 Å². The van der Waals surface area contributed by atoms with E-state index in [1.807, 2.05) is 0 Å². The van der Waals surface area contributed by atoms with Crippen LogP contribution in [0.3, 0.4) is 0 Å². The van der Waals surface area contributed by atoms with Crippen LogP contribution in [0.2, 0.25) is 5.02 Å². The standard InChI is InChI=1S/C12H8ClFN2O/c1-17-12(9(6-15)7-16)5-8-2-3-11(14)10(13)4-8/h2-4H,5H2,1H3. The van der Waals surface area contributed by atoms with Gasteiger partial charge in [0.05, 0.1) is 12.1 Å². The largest absolute Gasteiger partial charge is 0.499 e. The Balaban J connectivity index is 3.05. The number of methoxy groups -OCH3 is 1. The van der Waals surface area contributed by atoms with Crippen molar-refractivity contribution in [3.63, 3.8) is 0 Å². The smallest absolute Gasteiger partial charge is 0.167 e. The molecule has 0 aliphatic heterocycles. The SMILES string of the molecule is COC(Cc1ccc(F)c(Cl)c1)=C(C#N)C#N. The first-order valence-electron chi connectivity index (χ1n) is 4.63. The van der Waals surface area contributed by atoms with Gasteiger partial charge in [0.1, 0.15) is 23.7 Å². The normalized spacial score (nSPS) is 9.00. The molecule has 0 aromatic heterocycles. The van der Waals surface area contributed by atoms with Crippen molar-refractivity contribution in [2.24, 2.45) is 0 Å². The van der Waals surface area contributed by atoms with E-state index in [4.69, 9.17) is 26.9 Å². The number of ether oxygens (including phenoxy) is 1. The summed E-state index contributed by atoms with van der Waals surface area (Å²) in [6.07, 6.45) is 0.215.